The Morgan fingerprint density at radius 2 is 1.74 bits per heavy atom. The molecule has 6 N–H and O–H groups in total. The predicted octanol–water partition coefficient (Wildman–Crippen LogP) is 1.85. The number of aromatic nitrogens is 4. The number of nitrogens with zero attached hydrogens (tertiary/aromatic N) is 4. The summed E-state index contributed by atoms with van der Waals surface area (Å²) in [6, 6.07) is 12.2. The minimum Gasteiger partial charge on any atom is -0.479 e. The van der Waals surface area contributed by atoms with Gasteiger partial charge >= 0.3 is 17.9 Å². The van der Waals surface area contributed by atoms with Gasteiger partial charge in [-0.15, -0.1) is 0 Å². The van der Waals surface area contributed by atoms with E-state index in [1.807, 2.05) is 0 Å². The van der Waals surface area contributed by atoms with E-state index < -0.39 is 61.1 Å². The number of carbonyl (C=O) groups is 3. The van der Waals surface area contributed by atoms with Crippen LogP contribution >= 0.6 is 0 Å². The maximum Gasteiger partial charge on any atom is 0.348 e. The van der Waals surface area contributed by atoms with Gasteiger partial charge in [0, 0.05) is 6.42 Å². The number of fused-ring (bicyclic) bond motifs is 1. The lowest BCUT2D eigenvalue weighted by Crippen LogP contribution is -2.52. The summed E-state index contributed by atoms with van der Waals surface area (Å²) in [7, 11) is 0. The van der Waals surface area contributed by atoms with Crippen LogP contribution < -0.4 is 5.73 Å². The molecule has 1 aliphatic heterocycles. The monoisotopic (exact) mass is 595 g/mol. The number of hydrogen-bond donors (Lipinski definition) is 5. The molecular formula is C28H26FN5O9. The summed E-state index contributed by atoms with van der Waals surface area (Å²) in [5.41, 5.74) is 4.59. The molecule has 1 fully saturated rings. The molecule has 0 unspecified atom stereocenters. The zero-order chi connectivity index (χ0) is 31.1. The number of aliphatic hydroxyl groups excluding tert-OH is 1. The first kappa shape index (κ1) is 29.5. The summed E-state index contributed by atoms with van der Waals surface area (Å²) < 4.78 is 27.5. The van der Waals surface area contributed by atoms with Gasteiger partial charge < -0.3 is 35.6 Å². The number of nitrogens with two attached hydrogens (primary N) is 1. The highest BCUT2D eigenvalue weighted by atomic mass is 19.1. The van der Waals surface area contributed by atoms with E-state index >= 15 is 4.39 Å². The Kier molecular flexibility index (Phi) is 7.79. The first-order chi connectivity index (χ1) is 20.4. The van der Waals surface area contributed by atoms with Crippen LogP contribution in [-0.4, -0.2) is 88.4 Å². The fraction of sp³-hybridized carbons (Fsp3) is 0.286. The number of aliphatic carboxylic acids is 2. The molecule has 43 heavy (non-hydrogen) atoms. The quantitative estimate of drug-likeness (QED) is 0.165. The molecule has 0 spiro atoms. The first-order valence-corrected chi connectivity index (χ1v) is 12.9. The molecule has 0 saturated carbocycles. The van der Waals surface area contributed by atoms with Crippen molar-refractivity contribution in [3.8, 4) is 11.1 Å². The van der Waals surface area contributed by atoms with E-state index in [9.17, 15) is 34.8 Å². The Balaban J connectivity index is 1.36. The highest BCUT2D eigenvalue weighted by Gasteiger charge is 2.52. The van der Waals surface area contributed by atoms with Gasteiger partial charge in [0.2, 0.25) is 0 Å². The summed E-state index contributed by atoms with van der Waals surface area (Å²) in [4.78, 5) is 48.5. The van der Waals surface area contributed by atoms with E-state index in [0.717, 1.165) is 0 Å². The number of carboxylic acids is 3. The van der Waals surface area contributed by atoms with Crippen molar-refractivity contribution in [2.24, 2.45) is 0 Å². The molecular weight excluding hydrogens is 569 g/mol. The molecule has 1 saturated heterocycles. The van der Waals surface area contributed by atoms with Crippen LogP contribution in [0.3, 0.4) is 0 Å². The Hall–Kier alpha value is -4.99. The van der Waals surface area contributed by atoms with Crippen LogP contribution in [-0.2, 0) is 25.5 Å². The van der Waals surface area contributed by atoms with E-state index in [0.29, 0.717) is 11.1 Å². The third-order valence-corrected chi connectivity index (χ3v) is 7.19. The number of halogens is 1. The van der Waals surface area contributed by atoms with Gasteiger partial charge in [-0.1, -0.05) is 42.5 Å². The topological polar surface area (TPSA) is 220 Å². The van der Waals surface area contributed by atoms with Gasteiger partial charge in [-0.3, -0.25) is 4.57 Å². The smallest absolute Gasteiger partial charge is 0.348 e. The largest absolute Gasteiger partial charge is 0.479 e. The number of alkyl halides is 1. The highest BCUT2D eigenvalue weighted by molar-refractivity contribution is 6.02. The number of benzene rings is 2. The number of aliphatic hydroxyl groups is 1. The number of ether oxygens (including phenoxy) is 2. The van der Waals surface area contributed by atoms with Crippen molar-refractivity contribution in [1.29, 1.82) is 0 Å². The first-order valence-electron chi connectivity index (χ1n) is 12.9. The lowest BCUT2D eigenvalue weighted by atomic mass is 9.92. The van der Waals surface area contributed by atoms with Gasteiger partial charge in [0.15, 0.2) is 23.9 Å². The second kappa shape index (κ2) is 11.4. The van der Waals surface area contributed by atoms with Gasteiger partial charge in [-0.05, 0) is 29.7 Å². The molecule has 4 aromatic rings. The fourth-order valence-corrected chi connectivity index (χ4v) is 4.96. The Labute approximate surface area is 242 Å². The maximum absolute atomic E-state index is 15.2. The molecule has 3 heterocycles. The van der Waals surface area contributed by atoms with Crippen LogP contribution in [0.1, 0.15) is 28.0 Å². The van der Waals surface area contributed by atoms with Crippen LogP contribution in [0.4, 0.5) is 10.2 Å². The van der Waals surface area contributed by atoms with Crippen LogP contribution in [0.15, 0.2) is 54.9 Å². The number of carboxylic acid groups (broad SMARTS) is 3. The van der Waals surface area contributed by atoms with Crippen molar-refractivity contribution in [3.63, 3.8) is 0 Å². The van der Waals surface area contributed by atoms with Crippen molar-refractivity contribution in [2.45, 2.75) is 43.6 Å². The van der Waals surface area contributed by atoms with E-state index in [2.05, 4.69) is 15.0 Å². The molecule has 1 aliphatic rings. The minimum atomic E-state index is -2.83. The fourth-order valence-electron chi connectivity index (χ4n) is 4.96. The molecule has 5 rings (SSSR count). The molecule has 14 nitrogen and oxygen atoms in total. The number of aryl methyl sites for hydroxylation is 1. The Morgan fingerprint density at radius 3 is 2.40 bits per heavy atom. The number of anilines is 1. The van der Waals surface area contributed by atoms with Crippen molar-refractivity contribution in [2.75, 3.05) is 12.3 Å². The van der Waals surface area contributed by atoms with Gasteiger partial charge in [0.1, 0.15) is 23.5 Å². The highest BCUT2D eigenvalue weighted by Crippen LogP contribution is 2.35. The molecule has 0 aliphatic carbocycles. The van der Waals surface area contributed by atoms with Crippen LogP contribution in [0.25, 0.3) is 22.3 Å². The number of aromatic carboxylic acids is 1. The zero-order valence-corrected chi connectivity index (χ0v) is 22.5. The average molecular weight is 596 g/mol. The van der Waals surface area contributed by atoms with E-state index in [-0.39, 0.29) is 33.9 Å². The van der Waals surface area contributed by atoms with E-state index in [4.69, 9.17) is 15.2 Å². The summed E-state index contributed by atoms with van der Waals surface area (Å²) >= 11 is 0. The van der Waals surface area contributed by atoms with Crippen LogP contribution in [0, 0.1) is 6.92 Å². The third kappa shape index (κ3) is 5.36. The van der Waals surface area contributed by atoms with Crippen molar-refractivity contribution in [3.05, 3.63) is 71.8 Å². The molecule has 0 bridgehead atoms. The van der Waals surface area contributed by atoms with Gasteiger partial charge in [0.25, 0.3) is 5.60 Å². The van der Waals surface area contributed by atoms with E-state index in [1.165, 1.54) is 41.2 Å². The van der Waals surface area contributed by atoms with Crippen LogP contribution in [0.5, 0.6) is 0 Å². The second-order valence-corrected chi connectivity index (χ2v) is 9.95. The van der Waals surface area contributed by atoms with E-state index in [1.54, 1.807) is 25.1 Å². The van der Waals surface area contributed by atoms with Crippen molar-refractivity contribution < 1.29 is 48.7 Å². The molecule has 0 radical (unpaired) electrons. The maximum atomic E-state index is 15.2. The summed E-state index contributed by atoms with van der Waals surface area (Å²) in [6.45, 7) is 0.782. The molecule has 0 amide bonds. The van der Waals surface area contributed by atoms with Crippen LogP contribution in [0.2, 0.25) is 0 Å². The summed E-state index contributed by atoms with van der Waals surface area (Å²) in [6.07, 6.45) is -6.19. The lowest BCUT2D eigenvalue weighted by molar-refractivity contribution is -0.190. The van der Waals surface area contributed by atoms with Crippen molar-refractivity contribution in [1.82, 2.24) is 19.5 Å². The molecule has 224 valence electrons. The zero-order valence-electron chi connectivity index (χ0n) is 22.5. The number of imidazole rings is 1. The summed E-state index contributed by atoms with van der Waals surface area (Å²) in [5, 5.41) is 40.0. The van der Waals surface area contributed by atoms with Gasteiger partial charge in [0.05, 0.1) is 18.5 Å². The third-order valence-electron chi connectivity index (χ3n) is 7.19. The van der Waals surface area contributed by atoms with Gasteiger partial charge in [-0.25, -0.2) is 33.7 Å². The molecule has 15 heteroatoms. The average Bonchev–Trinajstić information content (AvgIpc) is 3.51. The molecule has 2 aromatic heterocycles. The lowest BCUT2D eigenvalue weighted by Gasteiger charge is -2.27. The molecule has 2 aromatic carbocycles. The SMILES string of the molecule is Cc1nc(N)c2ncn([C@@H]3O[C@H](COC(Cc4ccc(-c5ccccc5C(=O)O)cc4)(C(=O)O)C(=O)O)[C@@H](O)[C@@H]3F)c2n1. The number of nitrogen functional groups attached to an aromatic ring is 1. The van der Waals surface area contributed by atoms with Crippen molar-refractivity contribution >= 4 is 34.9 Å². The minimum absolute atomic E-state index is 0.0540. The predicted molar refractivity (Wildman–Crippen MR) is 146 cm³/mol. The Morgan fingerprint density at radius 1 is 1.07 bits per heavy atom. The number of rotatable bonds is 10. The summed E-state index contributed by atoms with van der Waals surface area (Å²) in [5.74, 6) is -4.45. The van der Waals surface area contributed by atoms with Gasteiger partial charge in [-0.2, -0.15) is 0 Å². The molecule has 4 atom stereocenters. The number of hydrogen-bond acceptors (Lipinski definition) is 10. The standard InChI is InChI=1S/C28H26FN5O9/c1-13-32-22(30)20-23(33-13)34(12-31-20)24-19(29)21(35)18(43-24)11-42-28(26(38)39,27(40)41)10-14-6-8-15(9-7-14)16-4-2-3-5-17(16)25(36)37/h2-9,12,18-19,21,24,35H,10-11H2,1H3,(H,36,37)(H,38,39)(H,40,41)(H2,30,32,33)/t18-,19+,21-,24-/m1/s1. The Bertz CT molecular complexity index is 1700. The second-order valence-electron chi connectivity index (χ2n) is 9.95. The normalized spacial score (nSPS) is 20.3.